The molecule has 27 heavy (non-hydrogen) atoms. The lowest BCUT2D eigenvalue weighted by molar-refractivity contribution is 0.00578. The van der Waals surface area contributed by atoms with Crippen molar-refractivity contribution in [3.05, 3.63) is 41.4 Å². The molecule has 0 unspecified atom stereocenters. The van der Waals surface area contributed by atoms with E-state index in [9.17, 15) is 4.39 Å². The van der Waals surface area contributed by atoms with Gasteiger partial charge in [0.1, 0.15) is 11.5 Å². The Morgan fingerprint density at radius 2 is 1.59 bits per heavy atom. The van der Waals surface area contributed by atoms with E-state index in [2.05, 4.69) is 5.32 Å². The molecule has 1 aromatic rings. The van der Waals surface area contributed by atoms with Crippen molar-refractivity contribution < 1.29 is 18.1 Å². The highest BCUT2D eigenvalue weighted by Gasteiger charge is 2.53. The van der Waals surface area contributed by atoms with E-state index in [0.29, 0.717) is 23.7 Å². The number of nitrogens with one attached hydrogen (secondary N) is 1. The smallest absolute Gasteiger partial charge is 0.398 e. The van der Waals surface area contributed by atoms with Crippen LogP contribution in [0.3, 0.4) is 0 Å². The SMILES string of the molecule is CC1(C)OB(C(F)=C(CNC2CCCCC2)c2ccc(F)cc2)OC1(C)C. The number of halogens is 2. The molecule has 3 rings (SSSR count). The predicted octanol–water partition coefficient (Wildman–Crippen LogP) is 5.06. The molecule has 1 aromatic carbocycles. The van der Waals surface area contributed by atoms with E-state index in [1.54, 1.807) is 12.1 Å². The molecule has 0 spiro atoms. The molecule has 0 bridgehead atoms. The van der Waals surface area contributed by atoms with Crippen molar-refractivity contribution in [3.8, 4) is 0 Å². The summed E-state index contributed by atoms with van der Waals surface area (Å²) in [5.41, 5.74) is -0.547. The fourth-order valence-corrected chi connectivity index (χ4v) is 3.62. The van der Waals surface area contributed by atoms with Crippen LogP contribution in [0.15, 0.2) is 30.0 Å². The Morgan fingerprint density at radius 3 is 2.15 bits per heavy atom. The number of rotatable bonds is 5. The molecule has 2 fully saturated rings. The summed E-state index contributed by atoms with van der Waals surface area (Å²) >= 11 is 0. The standard InChI is InChI=1S/C21H30BF2NO2/c1-20(2)21(3,4)27-22(26-20)19(24)18(15-10-12-16(23)13-11-15)14-25-17-8-6-5-7-9-17/h10-13,17,25H,5-9,14H2,1-4H3. The fraction of sp³-hybridized carbons (Fsp3) is 0.619. The van der Waals surface area contributed by atoms with Crippen molar-refractivity contribution in [2.45, 2.75) is 77.0 Å². The monoisotopic (exact) mass is 377 g/mol. The van der Waals surface area contributed by atoms with Crippen LogP contribution in [-0.4, -0.2) is 30.9 Å². The van der Waals surface area contributed by atoms with Crippen LogP contribution >= 0.6 is 0 Å². The molecule has 1 aliphatic heterocycles. The number of hydrogen-bond donors (Lipinski definition) is 1. The van der Waals surface area contributed by atoms with E-state index in [0.717, 1.165) is 12.8 Å². The largest absolute Gasteiger partial charge is 0.525 e. The van der Waals surface area contributed by atoms with Gasteiger partial charge in [0.2, 0.25) is 0 Å². The highest BCUT2D eigenvalue weighted by Crippen LogP contribution is 2.40. The molecule has 3 nitrogen and oxygen atoms in total. The van der Waals surface area contributed by atoms with Gasteiger partial charge in [0.25, 0.3) is 0 Å². The van der Waals surface area contributed by atoms with Gasteiger partial charge in [-0.1, -0.05) is 31.4 Å². The van der Waals surface area contributed by atoms with Gasteiger partial charge in [0.05, 0.1) is 11.2 Å². The maximum atomic E-state index is 15.5. The van der Waals surface area contributed by atoms with Crippen LogP contribution in [0.25, 0.3) is 5.57 Å². The summed E-state index contributed by atoms with van der Waals surface area (Å²) in [6.45, 7) is 7.97. The van der Waals surface area contributed by atoms with Crippen molar-refractivity contribution in [2.24, 2.45) is 0 Å². The summed E-state index contributed by atoms with van der Waals surface area (Å²) in [4.78, 5) is 0. The zero-order valence-electron chi connectivity index (χ0n) is 16.8. The lowest BCUT2D eigenvalue weighted by Gasteiger charge is -2.32. The van der Waals surface area contributed by atoms with Crippen molar-refractivity contribution in [1.29, 1.82) is 0 Å². The van der Waals surface area contributed by atoms with Gasteiger partial charge in [-0.2, -0.15) is 0 Å². The minimum absolute atomic E-state index is 0.339. The Kier molecular flexibility index (Phi) is 6.09. The topological polar surface area (TPSA) is 30.5 Å². The first-order valence-corrected chi connectivity index (χ1v) is 9.93. The molecule has 148 valence electrons. The Bertz CT molecular complexity index is 666. The van der Waals surface area contributed by atoms with Crippen molar-refractivity contribution >= 4 is 12.7 Å². The summed E-state index contributed by atoms with van der Waals surface area (Å²) in [5, 5.41) is 3.48. The zero-order valence-corrected chi connectivity index (χ0v) is 16.8. The fourth-order valence-electron chi connectivity index (χ4n) is 3.62. The average molecular weight is 377 g/mol. The average Bonchev–Trinajstić information content (AvgIpc) is 2.85. The second-order valence-electron chi connectivity index (χ2n) is 8.64. The maximum absolute atomic E-state index is 15.5. The van der Waals surface area contributed by atoms with Gasteiger partial charge in [0, 0.05) is 18.2 Å². The van der Waals surface area contributed by atoms with Gasteiger partial charge in [-0.25, -0.2) is 8.78 Å². The van der Waals surface area contributed by atoms with Crippen molar-refractivity contribution in [3.63, 3.8) is 0 Å². The first-order chi connectivity index (χ1) is 12.7. The summed E-state index contributed by atoms with van der Waals surface area (Å²) in [7, 11) is -1.05. The minimum atomic E-state index is -1.05. The molecule has 0 atom stereocenters. The van der Waals surface area contributed by atoms with E-state index in [1.165, 1.54) is 31.4 Å². The van der Waals surface area contributed by atoms with E-state index in [1.807, 2.05) is 27.7 Å². The quantitative estimate of drug-likeness (QED) is 0.728. The third kappa shape index (κ3) is 4.61. The first-order valence-electron chi connectivity index (χ1n) is 9.93. The highest BCUT2D eigenvalue weighted by molar-refractivity contribution is 6.55. The molecule has 1 heterocycles. The van der Waals surface area contributed by atoms with E-state index in [-0.39, 0.29) is 5.82 Å². The molecule has 0 amide bonds. The maximum Gasteiger partial charge on any atom is 0.525 e. The van der Waals surface area contributed by atoms with Crippen LogP contribution in [0.4, 0.5) is 8.78 Å². The summed E-state index contributed by atoms with van der Waals surface area (Å²) < 4.78 is 40.6. The van der Waals surface area contributed by atoms with Crippen LogP contribution in [0.1, 0.15) is 65.4 Å². The van der Waals surface area contributed by atoms with Crippen LogP contribution in [0.5, 0.6) is 0 Å². The van der Waals surface area contributed by atoms with Gasteiger partial charge in [-0.3, -0.25) is 0 Å². The predicted molar refractivity (Wildman–Crippen MR) is 105 cm³/mol. The Hall–Kier alpha value is -1.24. The highest BCUT2D eigenvalue weighted by atomic mass is 19.1. The molecule has 0 radical (unpaired) electrons. The van der Waals surface area contributed by atoms with Gasteiger partial charge in [-0.15, -0.1) is 0 Å². The molecule has 2 aliphatic rings. The summed E-state index contributed by atoms with van der Waals surface area (Å²) in [6, 6.07) is 6.32. The van der Waals surface area contributed by atoms with Crippen molar-refractivity contribution in [2.75, 3.05) is 6.54 Å². The van der Waals surface area contributed by atoms with Crippen LogP contribution in [-0.2, 0) is 9.31 Å². The normalized spacial score (nSPS) is 23.4. The molecule has 0 aromatic heterocycles. The third-order valence-corrected chi connectivity index (χ3v) is 6.11. The Balaban J connectivity index is 1.85. The molecule has 6 heteroatoms. The van der Waals surface area contributed by atoms with E-state index in [4.69, 9.17) is 9.31 Å². The van der Waals surface area contributed by atoms with Crippen LogP contribution < -0.4 is 5.32 Å². The van der Waals surface area contributed by atoms with Crippen LogP contribution in [0.2, 0.25) is 0 Å². The van der Waals surface area contributed by atoms with Gasteiger partial charge in [-0.05, 0) is 58.2 Å². The first kappa shape index (κ1) is 20.5. The van der Waals surface area contributed by atoms with E-state index >= 15 is 4.39 Å². The minimum Gasteiger partial charge on any atom is -0.398 e. The molecular formula is C21H30BF2NO2. The zero-order chi connectivity index (χ0) is 19.7. The molecule has 1 saturated heterocycles. The van der Waals surface area contributed by atoms with Crippen LogP contribution in [0, 0.1) is 5.82 Å². The molecule has 1 N–H and O–H groups in total. The molecular weight excluding hydrogens is 347 g/mol. The van der Waals surface area contributed by atoms with E-state index < -0.39 is 24.0 Å². The van der Waals surface area contributed by atoms with Gasteiger partial charge in [0.15, 0.2) is 0 Å². The van der Waals surface area contributed by atoms with Gasteiger partial charge < -0.3 is 14.6 Å². The Morgan fingerprint density at radius 1 is 1.04 bits per heavy atom. The second kappa shape index (κ2) is 8.02. The van der Waals surface area contributed by atoms with Crippen molar-refractivity contribution in [1.82, 2.24) is 5.32 Å². The molecule has 1 aliphatic carbocycles. The third-order valence-electron chi connectivity index (χ3n) is 6.11. The summed E-state index contributed by atoms with van der Waals surface area (Å²) in [6.07, 6.45) is 5.88. The lowest BCUT2D eigenvalue weighted by Crippen LogP contribution is -2.41. The summed E-state index contributed by atoms with van der Waals surface area (Å²) in [5.74, 6) is -0.339. The number of hydrogen-bond acceptors (Lipinski definition) is 3. The number of benzene rings is 1. The lowest BCUT2D eigenvalue weighted by atomic mass is 9.82. The Labute approximate surface area is 161 Å². The second-order valence-corrected chi connectivity index (χ2v) is 8.64. The van der Waals surface area contributed by atoms with Gasteiger partial charge >= 0.3 is 7.12 Å². The molecule has 1 saturated carbocycles.